The number of benzene rings is 2. The molecule has 6 heteroatoms. The molecule has 0 unspecified atom stereocenters. The van der Waals surface area contributed by atoms with Gasteiger partial charge in [0, 0.05) is 49.8 Å². The Kier molecular flexibility index (Phi) is 5.12. The summed E-state index contributed by atoms with van der Waals surface area (Å²) in [6.45, 7) is 3.00. The molecule has 2 aromatic carbocycles. The molecule has 0 spiro atoms. The van der Waals surface area contributed by atoms with Crippen LogP contribution in [0.4, 0.5) is 0 Å². The van der Waals surface area contributed by atoms with Gasteiger partial charge in [-0.25, -0.2) is 0 Å². The van der Waals surface area contributed by atoms with E-state index in [9.17, 15) is 9.59 Å². The second-order valence-electron chi connectivity index (χ2n) is 7.14. The Labute approximate surface area is 163 Å². The zero-order valence-corrected chi connectivity index (χ0v) is 15.6. The van der Waals surface area contributed by atoms with Gasteiger partial charge in [0.05, 0.1) is 12.1 Å². The predicted molar refractivity (Wildman–Crippen MR) is 107 cm³/mol. The normalized spacial score (nSPS) is 15.1. The number of nitrogens with zero attached hydrogens (tertiary/aromatic N) is 3. The lowest BCUT2D eigenvalue weighted by Gasteiger charge is -2.33. The standard InChI is InChI=1S/C22H23N3O3/c26-21(27)16-23-10-12-24(13-11-23)22(28)19-15-25(14-17-6-2-1-3-7-17)20-9-5-4-8-18(19)20/h1-9,15H,10-14,16H2,(H,26,27). The first-order valence-corrected chi connectivity index (χ1v) is 9.47. The first kappa shape index (κ1) is 18.3. The number of fused-ring (bicyclic) bond motifs is 1. The van der Waals surface area contributed by atoms with E-state index in [4.69, 9.17) is 5.11 Å². The summed E-state index contributed by atoms with van der Waals surface area (Å²) in [5.41, 5.74) is 2.93. The summed E-state index contributed by atoms with van der Waals surface area (Å²) in [5.74, 6) is -0.818. The van der Waals surface area contributed by atoms with E-state index < -0.39 is 5.97 Å². The van der Waals surface area contributed by atoms with E-state index in [1.165, 1.54) is 5.56 Å². The Bertz CT molecular complexity index is 989. The number of carboxylic acids is 1. The molecule has 0 atom stereocenters. The maximum atomic E-state index is 13.2. The third-order valence-corrected chi connectivity index (χ3v) is 5.23. The summed E-state index contributed by atoms with van der Waals surface area (Å²) in [5, 5.41) is 9.89. The molecule has 1 aliphatic heterocycles. The van der Waals surface area contributed by atoms with E-state index in [0.717, 1.165) is 10.9 Å². The fraction of sp³-hybridized carbons (Fsp3) is 0.273. The molecule has 28 heavy (non-hydrogen) atoms. The maximum absolute atomic E-state index is 13.2. The van der Waals surface area contributed by atoms with E-state index in [1.807, 2.05) is 58.5 Å². The molecule has 4 rings (SSSR count). The van der Waals surface area contributed by atoms with Crippen LogP contribution in [0.15, 0.2) is 60.8 Å². The Hall–Kier alpha value is -3.12. The first-order valence-electron chi connectivity index (χ1n) is 9.47. The van der Waals surface area contributed by atoms with Gasteiger partial charge < -0.3 is 14.6 Å². The highest BCUT2D eigenvalue weighted by Crippen LogP contribution is 2.24. The van der Waals surface area contributed by atoms with Crippen molar-refractivity contribution in [3.63, 3.8) is 0 Å². The van der Waals surface area contributed by atoms with E-state index in [1.54, 1.807) is 0 Å². The minimum Gasteiger partial charge on any atom is -0.480 e. The summed E-state index contributed by atoms with van der Waals surface area (Å²) < 4.78 is 2.12. The van der Waals surface area contributed by atoms with Crippen LogP contribution in [0.25, 0.3) is 10.9 Å². The van der Waals surface area contributed by atoms with Gasteiger partial charge in [-0.15, -0.1) is 0 Å². The molecule has 6 nitrogen and oxygen atoms in total. The Morgan fingerprint density at radius 3 is 2.29 bits per heavy atom. The summed E-state index contributed by atoms with van der Waals surface area (Å²) in [7, 11) is 0. The molecule has 1 amide bonds. The third kappa shape index (κ3) is 3.77. The zero-order chi connectivity index (χ0) is 19.5. The molecule has 1 aliphatic rings. The lowest BCUT2D eigenvalue weighted by molar-refractivity contribution is -0.138. The van der Waals surface area contributed by atoms with Gasteiger partial charge in [0.2, 0.25) is 0 Å². The molecule has 2 heterocycles. The van der Waals surface area contributed by atoms with Crippen LogP contribution in [0.5, 0.6) is 0 Å². The van der Waals surface area contributed by atoms with Crippen molar-refractivity contribution in [3.8, 4) is 0 Å². The smallest absolute Gasteiger partial charge is 0.317 e. The summed E-state index contributed by atoms with van der Waals surface area (Å²) in [6.07, 6.45) is 1.95. The maximum Gasteiger partial charge on any atom is 0.317 e. The lowest BCUT2D eigenvalue weighted by atomic mass is 10.1. The topological polar surface area (TPSA) is 65.8 Å². The van der Waals surface area contributed by atoms with Crippen LogP contribution >= 0.6 is 0 Å². The van der Waals surface area contributed by atoms with E-state index in [2.05, 4.69) is 16.7 Å². The van der Waals surface area contributed by atoms with Gasteiger partial charge >= 0.3 is 5.97 Å². The van der Waals surface area contributed by atoms with Crippen molar-refractivity contribution in [2.75, 3.05) is 32.7 Å². The molecule has 0 aliphatic carbocycles. The molecule has 3 aromatic rings. The van der Waals surface area contributed by atoms with Crippen molar-refractivity contribution in [2.24, 2.45) is 0 Å². The SMILES string of the molecule is O=C(O)CN1CCN(C(=O)c2cn(Cc3ccccc3)c3ccccc23)CC1. The van der Waals surface area contributed by atoms with Gasteiger partial charge in [-0.3, -0.25) is 14.5 Å². The van der Waals surface area contributed by atoms with Gasteiger partial charge in [-0.2, -0.15) is 0 Å². The molecular weight excluding hydrogens is 354 g/mol. The lowest BCUT2D eigenvalue weighted by Crippen LogP contribution is -2.49. The van der Waals surface area contributed by atoms with E-state index in [0.29, 0.717) is 38.3 Å². The number of rotatable bonds is 5. The van der Waals surface area contributed by atoms with Crippen molar-refractivity contribution in [1.82, 2.24) is 14.4 Å². The first-order chi connectivity index (χ1) is 13.6. The second-order valence-corrected chi connectivity index (χ2v) is 7.14. The fourth-order valence-corrected chi connectivity index (χ4v) is 3.80. The zero-order valence-electron chi connectivity index (χ0n) is 15.6. The fourth-order valence-electron chi connectivity index (χ4n) is 3.80. The summed E-state index contributed by atoms with van der Waals surface area (Å²) in [6, 6.07) is 18.2. The Balaban J connectivity index is 1.57. The summed E-state index contributed by atoms with van der Waals surface area (Å²) in [4.78, 5) is 27.8. The van der Waals surface area contributed by atoms with Gasteiger partial charge in [-0.05, 0) is 11.6 Å². The Morgan fingerprint density at radius 1 is 0.893 bits per heavy atom. The van der Waals surface area contributed by atoms with Gasteiger partial charge in [0.1, 0.15) is 0 Å². The average molecular weight is 377 g/mol. The molecule has 0 saturated carbocycles. The molecule has 0 radical (unpaired) electrons. The number of para-hydroxylation sites is 1. The van der Waals surface area contributed by atoms with Crippen molar-refractivity contribution in [1.29, 1.82) is 0 Å². The van der Waals surface area contributed by atoms with Crippen LogP contribution in [0.3, 0.4) is 0 Å². The van der Waals surface area contributed by atoms with E-state index >= 15 is 0 Å². The molecule has 1 aromatic heterocycles. The number of carboxylic acid groups (broad SMARTS) is 1. The number of piperazine rings is 1. The number of carbonyl (C=O) groups excluding carboxylic acids is 1. The van der Waals surface area contributed by atoms with Crippen LogP contribution in [-0.2, 0) is 11.3 Å². The van der Waals surface area contributed by atoms with Crippen molar-refractivity contribution < 1.29 is 14.7 Å². The minimum atomic E-state index is -0.830. The number of hydrogen-bond acceptors (Lipinski definition) is 3. The van der Waals surface area contributed by atoms with Crippen LogP contribution in [0, 0.1) is 0 Å². The van der Waals surface area contributed by atoms with Crippen LogP contribution in [0.1, 0.15) is 15.9 Å². The molecular formula is C22H23N3O3. The Morgan fingerprint density at radius 2 is 1.57 bits per heavy atom. The highest BCUT2D eigenvalue weighted by Gasteiger charge is 2.25. The minimum absolute atomic E-state index is 0.0120. The molecule has 1 fully saturated rings. The number of carbonyl (C=O) groups is 2. The number of aromatic nitrogens is 1. The van der Waals surface area contributed by atoms with Gasteiger partial charge in [0.15, 0.2) is 0 Å². The molecule has 144 valence electrons. The van der Waals surface area contributed by atoms with Crippen molar-refractivity contribution >= 4 is 22.8 Å². The van der Waals surface area contributed by atoms with Crippen LogP contribution in [-0.4, -0.2) is 64.1 Å². The van der Waals surface area contributed by atoms with Gasteiger partial charge in [0.25, 0.3) is 5.91 Å². The highest BCUT2D eigenvalue weighted by molar-refractivity contribution is 6.07. The van der Waals surface area contributed by atoms with Crippen LogP contribution < -0.4 is 0 Å². The highest BCUT2D eigenvalue weighted by atomic mass is 16.4. The number of aliphatic carboxylic acids is 1. The molecule has 1 N–H and O–H groups in total. The predicted octanol–water partition coefficient (Wildman–Crippen LogP) is 2.53. The number of hydrogen-bond donors (Lipinski definition) is 1. The quantitative estimate of drug-likeness (QED) is 0.742. The number of amides is 1. The third-order valence-electron chi connectivity index (χ3n) is 5.23. The van der Waals surface area contributed by atoms with Crippen LogP contribution in [0.2, 0.25) is 0 Å². The van der Waals surface area contributed by atoms with E-state index in [-0.39, 0.29) is 12.5 Å². The second kappa shape index (κ2) is 7.86. The summed E-state index contributed by atoms with van der Waals surface area (Å²) >= 11 is 0. The monoisotopic (exact) mass is 377 g/mol. The van der Waals surface area contributed by atoms with Crippen molar-refractivity contribution in [2.45, 2.75) is 6.54 Å². The average Bonchev–Trinajstić information content (AvgIpc) is 3.07. The molecule has 1 saturated heterocycles. The van der Waals surface area contributed by atoms with Crippen molar-refractivity contribution in [3.05, 3.63) is 71.9 Å². The largest absolute Gasteiger partial charge is 0.480 e. The van der Waals surface area contributed by atoms with Gasteiger partial charge in [-0.1, -0.05) is 48.5 Å². The molecule has 0 bridgehead atoms.